The highest BCUT2D eigenvalue weighted by atomic mass is 32.2. The van der Waals surface area contributed by atoms with E-state index in [1.165, 1.54) is 11.8 Å². The molecule has 252 valence electrons. The highest BCUT2D eigenvalue weighted by Crippen LogP contribution is 2.34. The number of allylic oxidation sites excluding steroid dienone is 2. The second kappa shape index (κ2) is 15.2. The number of ether oxygens (including phenoxy) is 3. The van der Waals surface area contributed by atoms with Crippen LogP contribution in [0.4, 0.5) is 4.79 Å². The molecule has 0 saturated carbocycles. The van der Waals surface area contributed by atoms with Gasteiger partial charge in [0, 0.05) is 24.8 Å². The van der Waals surface area contributed by atoms with Crippen LogP contribution in [0.3, 0.4) is 0 Å². The van der Waals surface area contributed by atoms with Crippen molar-refractivity contribution in [3.05, 3.63) is 24.3 Å². The van der Waals surface area contributed by atoms with Crippen LogP contribution in [-0.2, 0) is 33.4 Å². The fourth-order valence-electron chi connectivity index (χ4n) is 6.73. The predicted molar refractivity (Wildman–Crippen MR) is 172 cm³/mol. The van der Waals surface area contributed by atoms with E-state index in [0.29, 0.717) is 31.0 Å². The molecule has 0 radical (unpaired) electrons. The number of aliphatic imine (C=N–C) groups is 1. The molecule has 0 spiro atoms. The molecule has 6 unspecified atom stereocenters. The van der Waals surface area contributed by atoms with Crippen molar-refractivity contribution in [2.24, 2.45) is 34.6 Å². The molecular formula is C33H46N4O8S. The number of ketones is 2. The topological polar surface area (TPSA) is 161 Å². The van der Waals surface area contributed by atoms with Crippen LogP contribution < -0.4 is 16.0 Å². The van der Waals surface area contributed by atoms with Crippen molar-refractivity contribution in [3.63, 3.8) is 0 Å². The molecule has 0 aromatic rings. The second-order valence-corrected chi connectivity index (χ2v) is 14.7. The molecular weight excluding hydrogens is 612 g/mol. The third-order valence-electron chi connectivity index (χ3n) is 9.20. The quantitative estimate of drug-likeness (QED) is 0.255. The maximum Gasteiger partial charge on any atom is 0.408 e. The number of thioether (sulfide) groups is 1. The van der Waals surface area contributed by atoms with E-state index < -0.39 is 42.0 Å². The summed E-state index contributed by atoms with van der Waals surface area (Å²) in [5.41, 5.74) is 0. The number of nitrogens with one attached hydrogen (secondary N) is 3. The molecule has 12 nitrogen and oxygen atoms in total. The van der Waals surface area contributed by atoms with Gasteiger partial charge in [0.2, 0.25) is 17.6 Å². The minimum Gasteiger partial charge on any atom is -0.443 e. The zero-order chi connectivity index (χ0) is 33.0. The van der Waals surface area contributed by atoms with Crippen LogP contribution in [0.1, 0.15) is 59.8 Å². The minimum atomic E-state index is -0.962. The molecule has 3 saturated heterocycles. The average molecular weight is 659 g/mol. The van der Waals surface area contributed by atoms with Crippen LogP contribution in [0.15, 0.2) is 29.3 Å². The highest BCUT2D eigenvalue weighted by molar-refractivity contribution is 8.16. The summed E-state index contributed by atoms with van der Waals surface area (Å²) in [6.07, 6.45) is 7.96. The lowest BCUT2D eigenvalue weighted by Gasteiger charge is -2.27. The second-order valence-electron chi connectivity index (χ2n) is 13.5. The van der Waals surface area contributed by atoms with Crippen molar-refractivity contribution < 1.29 is 38.2 Å². The largest absolute Gasteiger partial charge is 0.443 e. The van der Waals surface area contributed by atoms with Crippen LogP contribution in [0.25, 0.3) is 0 Å². The smallest absolute Gasteiger partial charge is 0.408 e. The minimum absolute atomic E-state index is 0.0164. The van der Waals surface area contributed by atoms with Gasteiger partial charge in [-0.3, -0.25) is 24.2 Å². The molecule has 3 amide bonds. The monoisotopic (exact) mass is 658 g/mol. The summed E-state index contributed by atoms with van der Waals surface area (Å²) < 4.78 is 16.7. The summed E-state index contributed by atoms with van der Waals surface area (Å²) in [5, 5.41) is 8.80. The zero-order valence-electron chi connectivity index (χ0n) is 26.9. The van der Waals surface area contributed by atoms with Crippen molar-refractivity contribution >= 4 is 46.3 Å². The third-order valence-corrected chi connectivity index (χ3v) is 10.4. The Bertz CT molecular complexity index is 1280. The summed E-state index contributed by atoms with van der Waals surface area (Å²) in [4.78, 5) is 71.4. The molecule has 3 N–H and O–H groups in total. The lowest BCUT2D eigenvalue weighted by molar-refractivity contribution is -0.133. The van der Waals surface area contributed by atoms with Gasteiger partial charge in [0.05, 0.1) is 42.5 Å². The lowest BCUT2D eigenvalue weighted by atomic mass is 9.86. The summed E-state index contributed by atoms with van der Waals surface area (Å²) >= 11 is 1.37. The summed E-state index contributed by atoms with van der Waals surface area (Å²) in [6.45, 7) is 8.87. The molecule has 0 aromatic heterocycles. The molecule has 4 heterocycles. The zero-order valence-corrected chi connectivity index (χ0v) is 27.8. The van der Waals surface area contributed by atoms with Crippen molar-refractivity contribution in [1.82, 2.24) is 16.0 Å². The van der Waals surface area contributed by atoms with Crippen LogP contribution in [0.2, 0.25) is 0 Å². The van der Waals surface area contributed by atoms with Gasteiger partial charge in [0.1, 0.15) is 11.1 Å². The van der Waals surface area contributed by atoms with E-state index in [2.05, 4.69) is 20.9 Å². The molecule has 3 fully saturated rings. The molecule has 0 aromatic carbocycles. The maximum absolute atomic E-state index is 13.9. The molecule has 5 rings (SSSR count). The Hall–Kier alpha value is -3.03. The van der Waals surface area contributed by atoms with E-state index in [4.69, 9.17) is 14.2 Å². The van der Waals surface area contributed by atoms with Gasteiger partial charge in [0.15, 0.2) is 12.1 Å². The molecule has 13 heteroatoms. The van der Waals surface area contributed by atoms with Crippen molar-refractivity contribution in [2.75, 3.05) is 19.8 Å². The van der Waals surface area contributed by atoms with Gasteiger partial charge in [-0.25, -0.2) is 4.79 Å². The molecule has 9 atom stereocenters. The number of fused-ring (bicyclic) bond motifs is 2. The first-order chi connectivity index (χ1) is 22.0. The van der Waals surface area contributed by atoms with Gasteiger partial charge >= 0.3 is 6.09 Å². The van der Waals surface area contributed by atoms with Gasteiger partial charge in [-0.05, 0) is 37.5 Å². The van der Waals surface area contributed by atoms with E-state index in [9.17, 15) is 24.0 Å². The number of hydrogen-bond acceptors (Lipinski definition) is 10. The number of alkyl carbamates (subject to hydrolysis) is 1. The Morgan fingerprint density at radius 3 is 2.57 bits per heavy atom. The van der Waals surface area contributed by atoms with Gasteiger partial charge in [-0.15, -0.1) is 0 Å². The Morgan fingerprint density at radius 1 is 1.09 bits per heavy atom. The first-order valence-electron chi connectivity index (χ1n) is 16.4. The Balaban J connectivity index is 1.25. The highest BCUT2D eigenvalue weighted by Gasteiger charge is 2.44. The number of nitrogens with zero attached hydrogens (tertiary/aromatic N) is 1. The third kappa shape index (κ3) is 8.27. The van der Waals surface area contributed by atoms with E-state index in [0.717, 1.165) is 6.42 Å². The number of Topliss-reactive ketones (excluding diaryl/α,β-unsaturated/α-hetero) is 2. The van der Waals surface area contributed by atoms with Gasteiger partial charge in [0.25, 0.3) is 0 Å². The average Bonchev–Trinajstić information content (AvgIpc) is 3.80. The Morgan fingerprint density at radius 2 is 1.87 bits per heavy atom. The predicted octanol–water partition coefficient (Wildman–Crippen LogP) is 2.71. The first-order valence-corrected chi connectivity index (χ1v) is 17.3. The molecule has 46 heavy (non-hydrogen) atoms. The standard InChI is InChI=1S/C33H46N4O8S/c1-17(2)13-20(15-24(38)27(18(3)4)37-33(42)45-25-16-44-32-21(25)10-12-43-32)30(41)35-23(14-19-9-11-34-29(19)40)28(39)31-36-22-7-5-6-8-26(22)46-31/h5-8,17-23,25-27,32H,9-16H2,1-4H3,(H,34,40)(H,35,41)(H,37,42)/t19?,20-,21?,22?,23+,25?,26?,27+,32?/m1/s1. The van der Waals surface area contributed by atoms with E-state index >= 15 is 0 Å². The molecule has 0 bridgehead atoms. The van der Waals surface area contributed by atoms with E-state index in [-0.39, 0.29) is 72.3 Å². The fourth-order valence-corrected chi connectivity index (χ4v) is 7.89. The van der Waals surface area contributed by atoms with Crippen LogP contribution in [-0.4, -0.2) is 90.0 Å². The summed E-state index contributed by atoms with van der Waals surface area (Å²) in [7, 11) is 0. The first kappa shape index (κ1) is 34.3. The van der Waals surface area contributed by atoms with Crippen LogP contribution in [0, 0.1) is 29.6 Å². The van der Waals surface area contributed by atoms with E-state index in [1.54, 1.807) is 0 Å². The molecule has 4 aliphatic heterocycles. The van der Waals surface area contributed by atoms with Crippen LogP contribution in [0.5, 0.6) is 0 Å². The maximum atomic E-state index is 13.9. The van der Waals surface area contributed by atoms with Crippen molar-refractivity contribution in [3.8, 4) is 0 Å². The summed E-state index contributed by atoms with van der Waals surface area (Å²) in [6, 6.07) is -1.98. The van der Waals surface area contributed by atoms with Crippen molar-refractivity contribution in [1.29, 1.82) is 0 Å². The molecule has 5 aliphatic rings. The normalized spacial score (nSPS) is 30.0. The van der Waals surface area contributed by atoms with Gasteiger partial charge in [-0.1, -0.05) is 63.8 Å². The lowest BCUT2D eigenvalue weighted by Crippen LogP contribution is -2.49. The number of carbonyl (C=O) groups is 5. The van der Waals surface area contributed by atoms with Crippen LogP contribution >= 0.6 is 11.8 Å². The number of rotatable bonds is 14. The van der Waals surface area contributed by atoms with E-state index in [1.807, 2.05) is 52.0 Å². The SMILES string of the molecule is CC(C)C[C@H](CC(=O)[C@@H](NC(=O)OC1COC2OCCC12)C(C)C)C(=O)N[C@@H](CC1CCNC1=O)C(=O)C1=NC2C=CC=CC2S1. The molecule has 1 aliphatic carbocycles. The Labute approximate surface area is 274 Å². The fraction of sp³-hybridized carbons (Fsp3) is 0.697. The van der Waals surface area contributed by atoms with Gasteiger partial charge in [-0.2, -0.15) is 0 Å². The summed E-state index contributed by atoms with van der Waals surface area (Å²) in [5.74, 6) is -2.56. The Kier molecular flexibility index (Phi) is 11.4. The van der Waals surface area contributed by atoms with Gasteiger partial charge < -0.3 is 30.2 Å². The number of carbonyl (C=O) groups excluding carboxylic acids is 5. The number of hydrogen-bond donors (Lipinski definition) is 3. The van der Waals surface area contributed by atoms with Crippen molar-refractivity contribution in [2.45, 2.75) is 95.6 Å². The number of amides is 3.